The zero-order valence-electron chi connectivity index (χ0n) is 6.23. The molecule has 9 heavy (non-hydrogen) atoms. The predicted octanol–water partition coefficient (Wildman–Crippen LogP) is 1.19. The van der Waals surface area contributed by atoms with Gasteiger partial charge in [0.1, 0.15) is 0 Å². The Morgan fingerprint density at radius 3 is 2.44 bits per heavy atom. The molecule has 0 heterocycles. The third-order valence-electron chi connectivity index (χ3n) is 0.753. The molecule has 2 N–H and O–H groups in total. The summed E-state index contributed by atoms with van der Waals surface area (Å²) in [6.07, 6.45) is 5.82. The lowest BCUT2D eigenvalue weighted by Crippen LogP contribution is -2.20. The van der Waals surface area contributed by atoms with Crippen LogP contribution in [0.25, 0.3) is 0 Å². The average Bonchev–Trinajstić information content (AvgIpc) is 1.80. The van der Waals surface area contributed by atoms with Crippen LogP contribution in [0.2, 0.25) is 0 Å². The van der Waals surface area contributed by atoms with Gasteiger partial charge in [-0.2, -0.15) is 0 Å². The highest BCUT2D eigenvalue weighted by atomic mass is 15.3. The van der Waals surface area contributed by atoms with E-state index in [0.29, 0.717) is 0 Å². The summed E-state index contributed by atoms with van der Waals surface area (Å²) in [5.41, 5.74) is 6.90. The number of hydrogen-bond acceptors (Lipinski definition) is 2. The molecule has 0 aliphatic rings. The highest BCUT2D eigenvalue weighted by molar-refractivity contribution is 5.07. The molecule has 0 aromatic carbocycles. The van der Waals surface area contributed by atoms with Crippen molar-refractivity contribution in [3.63, 3.8) is 0 Å². The molecule has 0 radical (unpaired) electrons. The molecule has 2 heteroatoms. The highest BCUT2D eigenvalue weighted by Gasteiger charge is 1.68. The summed E-state index contributed by atoms with van der Waals surface area (Å²) < 4.78 is 0. The Hall–Kier alpha value is -0.760. The van der Waals surface area contributed by atoms with Crippen molar-refractivity contribution in [2.24, 2.45) is 0 Å². The fourth-order valence-electron chi connectivity index (χ4n) is 0.372. The highest BCUT2D eigenvalue weighted by Crippen LogP contribution is 1.86. The monoisotopic (exact) mass is 126 g/mol. The van der Waals surface area contributed by atoms with E-state index in [9.17, 15) is 0 Å². The Labute approximate surface area is 56.6 Å². The van der Waals surface area contributed by atoms with E-state index < -0.39 is 0 Å². The number of hydrazine groups is 1. The van der Waals surface area contributed by atoms with Crippen molar-refractivity contribution in [1.82, 2.24) is 10.9 Å². The van der Waals surface area contributed by atoms with E-state index in [0.717, 1.165) is 0 Å². The van der Waals surface area contributed by atoms with E-state index in [2.05, 4.69) is 24.7 Å². The molecule has 0 spiro atoms. The van der Waals surface area contributed by atoms with E-state index in [1.54, 1.807) is 0 Å². The lowest BCUT2D eigenvalue weighted by molar-refractivity contribution is 0.731. The van der Waals surface area contributed by atoms with Crippen LogP contribution >= 0.6 is 0 Å². The molecule has 0 aromatic heterocycles. The SMILES string of the molecule is CNN/C=C\C=C(C)C. The van der Waals surface area contributed by atoms with Gasteiger partial charge in [0.25, 0.3) is 0 Å². The fraction of sp³-hybridized carbons (Fsp3) is 0.429. The molecule has 2 nitrogen and oxygen atoms in total. The minimum atomic E-state index is 1.30. The van der Waals surface area contributed by atoms with Crippen LogP contribution in [0.4, 0.5) is 0 Å². The van der Waals surface area contributed by atoms with Crippen LogP contribution in [0.15, 0.2) is 23.9 Å². The molecule has 0 bridgehead atoms. The number of allylic oxidation sites excluding steroid dienone is 3. The van der Waals surface area contributed by atoms with E-state index in [4.69, 9.17) is 0 Å². The first-order chi connectivity index (χ1) is 4.27. The molecule has 0 saturated carbocycles. The second kappa shape index (κ2) is 5.38. The van der Waals surface area contributed by atoms with Crippen molar-refractivity contribution in [2.45, 2.75) is 13.8 Å². The summed E-state index contributed by atoms with van der Waals surface area (Å²) in [7, 11) is 1.83. The van der Waals surface area contributed by atoms with Crippen molar-refractivity contribution in [1.29, 1.82) is 0 Å². The second-order valence-corrected chi connectivity index (χ2v) is 2.00. The van der Waals surface area contributed by atoms with Gasteiger partial charge in [0, 0.05) is 13.2 Å². The zero-order valence-corrected chi connectivity index (χ0v) is 6.23. The molecule has 0 amide bonds. The maximum atomic E-state index is 2.83. The number of nitrogens with one attached hydrogen (secondary N) is 2. The van der Waals surface area contributed by atoms with Gasteiger partial charge in [0.2, 0.25) is 0 Å². The summed E-state index contributed by atoms with van der Waals surface area (Å²) >= 11 is 0. The minimum Gasteiger partial charge on any atom is -0.329 e. The average molecular weight is 126 g/mol. The van der Waals surface area contributed by atoms with Gasteiger partial charge in [-0.05, 0) is 19.9 Å². The van der Waals surface area contributed by atoms with E-state index in [1.807, 2.05) is 25.4 Å². The van der Waals surface area contributed by atoms with Crippen LogP contribution < -0.4 is 10.9 Å². The summed E-state index contributed by atoms with van der Waals surface area (Å²) in [4.78, 5) is 0. The van der Waals surface area contributed by atoms with Crippen molar-refractivity contribution in [3.8, 4) is 0 Å². The van der Waals surface area contributed by atoms with Gasteiger partial charge in [-0.25, -0.2) is 5.43 Å². The molecule has 0 saturated heterocycles. The molecule has 0 fully saturated rings. The van der Waals surface area contributed by atoms with Crippen LogP contribution in [0.1, 0.15) is 13.8 Å². The third-order valence-corrected chi connectivity index (χ3v) is 0.753. The Bertz CT molecular complexity index is 110. The van der Waals surface area contributed by atoms with Crippen LogP contribution in [0.3, 0.4) is 0 Å². The van der Waals surface area contributed by atoms with Gasteiger partial charge in [-0.15, -0.1) is 0 Å². The third kappa shape index (κ3) is 7.24. The van der Waals surface area contributed by atoms with Crippen molar-refractivity contribution in [2.75, 3.05) is 7.05 Å². The van der Waals surface area contributed by atoms with Crippen molar-refractivity contribution in [3.05, 3.63) is 23.9 Å². The molecular weight excluding hydrogens is 112 g/mol. The van der Waals surface area contributed by atoms with Crippen LogP contribution in [0.5, 0.6) is 0 Å². The zero-order chi connectivity index (χ0) is 7.11. The Kier molecular flexibility index (Phi) is 4.92. The Balaban J connectivity index is 3.35. The standard InChI is InChI=1S/C7H14N2/c1-7(2)5-4-6-9-8-3/h4-6,8-9H,1-3H3/b6-4-. The topological polar surface area (TPSA) is 24.1 Å². The summed E-state index contributed by atoms with van der Waals surface area (Å²) in [6.45, 7) is 4.12. The molecule has 0 aliphatic heterocycles. The van der Waals surface area contributed by atoms with Gasteiger partial charge in [0.15, 0.2) is 0 Å². The largest absolute Gasteiger partial charge is 0.329 e. The molecular formula is C7H14N2. The smallest absolute Gasteiger partial charge is 0.0125 e. The maximum absolute atomic E-state index is 2.83. The van der Waals surface area contributed by atoms with E-state index in [-0.39, 0.29) is 0 Å². The summed E-state index contributed by atoms with van der Waals surface area (Å²) in [5, 5.41) is 0. The lowest BCUT2D eigenvalue weighted by Gasteiger charge is -1.91. The molecule has 0 aromatic rings. The predicted molar refractivity (Wildman–Crippen MR) is 40.8 cm³/mol. The van der Waals surface area contributed by atoms with Crippen LogP contribution in [-0.2, 0) is 0 Å². The maximum Gasteiger partial charge on any atom is 0.0125 e. The Morgan fingerprint density at radius 1 is 1.33 bits per heavy atom. The van der Waals surface area contributed by atoms with Gasteiger partial charge in [-0.3, -0.25) is 0 Å². The van der Waals surface area contributed by atoms with Crippen LogP contribution in [0, 0.1) is 0 Å². The minimum absolute atomic E-state index is 1.30. The number of rotatable bonds is 3. The molecule has 0 aliphatic carbocycles. The van der Waals surface area contributed by atoms with Gasteiger partial charge in [-0.1, -0.05) is 11.6 Å². The van der Waals surface area contributed by atoms with Gasteiger partial charge in [0.05, 0.1) is 0 Å². The van der Waals surface area contributed by atoms with Gasteiger partial charge < -0.3 is 5.43 Å². The van der Waals surface area contributed by atoms with E-state index in [1.165, 1.54) is 5.57 Å². The molecule has 52 valence electrons. The van der Waals surface area contributed by atoms with Gasteiger partial charge >= 0.3 is 0 Å². The van der Waals surface area contributed by atoms with Crippen molar-refractivity contribution < 1.29 is 0 Å². The first-order valence-electron chi connectivity index (χ1n) is 2.99. The first kappa shape index (κ1) is 8.24. The normalized spacial score (nSPS) is 9.67. The fourth-order valence-corrected chi connectivity index (χ4v) is 0.372. The lowest BCUT2D eigenvalue weighted by atomic mass is 10.3. The molecule has 0 rings (SSSR count). The molecule has 0 atom stereocenters. The van der Waals surface area contributed by atoms with E-state index >= 15 is 0 Å². The van der Waals surface area contributed by atoms with Crippen LogP contribution in [-0.4, -0.2) is 7.05 Å². The summed E-state index contributed by atoms with van der Waals surface area (Å²) in [5.74, 6) is 0. The summed E-state index contributed by atoms with van der Waals surface area (Å²) in [6, 6.07) is 0. The molecule has 0 unspecified atom stereocenters. The first-order valence-corrected chi connectivity index (χ1v) is 2.99. The number of hydrogen-bond donors (Lipinski definition) is 2. The quantitative estimate of drug-likeness (QED) is 0.438. The second-order valence-electron chi connectivity index (χ2n) is 2.00. The Morgan fingerprint density at radius 2 is 2.00 bits per heavy atom. The van der Waals surface area contributed by atoms with Crippen molar-refractivity contribution >= 4 is 0 Å².